The van der Waals surface area contributed by atoms with Crippen molar-refractivity contribution in [3.8, 4) is 0 Å². The van der Waals surface area contributed by atoms with Gasteiger partial charge in [-0.2, -0.15) is 0 Å². The zero-order valence-corrected chi connectivity index (χ0v) is 16.7. The van der Waals surface area contributed by atoms with Crippen molar-refractivity contribution in [1.29, 1.82) is 0 Å². The van der Waals surface area contributed by atoms with Gasteiger partial charge in [0, 0.05) is 12.0 Å². The van der Waals surface area contributed by atoms with Crippen LogP contribution in [-0.2, 0) is 4.74 Å². The summed E-state index contributed by atoms with van der Waals surface area (Å²) in [5, 5.41) is 4.07. The molecule has 142 valence electrons. The molecule has 0 heterocycles. The highest BCUT2D eigenvalue weighted by atomic mass is 32.1. The maximum absolute atomic E-state index is 6.23. The van der Waals surface area contributed by atoms with Crippen molar-refractivity contribution < 1.29 is 4.74 Å². The van der Waals surface area contributed by atoms with Gasteiger partial charge in [0.2, 0.25) is 0 Å². The number of rotatable bonds is 4. The second-order valence-electron chi connectivity index (χ2n) is 8.86. The van der Waals surface area contributed by atoms with Crippen LogP contribution in [0.4, 0.5) is 0 Å². The van der Waals surface area contributed by atoms with E-state index in [1.54, 1.807) is 0 Å². The molecule has 1 N–H and O–H groups in total. The van der Waals surface area contributed by atoms with E-state index in [2.05, 4.69) is 35.6 Å². The normalized spacial score (nSPS) is 32.0. The zero-order valence-electron chi connectivity index (χ0n) is 15.9. The molecule has 3 aliphatic rings. The van der Waals surface area contributed by atoms with Crippen molar-refractivity contribution in [2.75, 3.05) is 6.54 Å². The number of hydrogen-bond acceptors (Lipinski definition) is 2. The predicted octanol–water partition coefficient (Wildman–Crippen LogP) is 5.96. The van der Waals surface area contributed by atoms with Crippen LogP contribution < -0.4 is 5.32 Å². The summed E-state index contributed by atoms with van der Waals surface area (Å²) in [6.45, 7) is 1.01. The van der Waals surface area contributed by atoms with Crippen LogP contribution in [0, 0.1) is 11.3 Å². The Morgan fingerprint density at radius 3 is 2.31 bits per heavy atom. The van der Waals surface area contributed by atoms with Crippen molar-refractivity contribution >= 4 is 17.4 Å². The van der Waals surface area contributed by atoms with Gasteiger partial charge in [-0.3, -0.25) is 0 Å². The minimum absolute atomic E-state index is 0.352. The van der Waals surface area contributed by atoms with Crippen LogP contribution in [0.2, 0.25) is 0 Å². The van der Waals surface area contributed by atoms with Crippen LogP contribution in [0.25, 0.3) is 0 Å². The number of thiocarbonyl (C=S) groups is 1. The Morgan fingerprint density at radius 2 is 1.65 bits per heavy atom. The molecule has 0 unspecified atom stereocenters. The first-order valence-electron chi connectivity index (χ1n) is 10.7. The Labute approximate surface area is 164 Å². The van der Waals surface area contributed by atoms with Crippen LogP contribution in [0.5, 0.6) is 0 Å². The van der Waals surface area contributed by atoms with Crippen LogP contribution in [0.1, 0.15) is 82.1 Å². The average molecular weight is 372 g/mol. The second kappa shape index (κ2) is 8.29. The molecule has 3 saturated carbocycles. The van der Waals surface area contributed by atoms with E-state index in [1.807, 2.05) is 0 Å². The largest absolute Gasteiger partial charge is 0.467 e. The highest BCUT2D eigenvalue weighted by Gasteiger charge is 2.50. The monoisotopic (exact) mass is 371 g/mol. The lowest BCUT2D eigenvalue weighted by Crippen LogP contribution is -2.50. The number of hydrogen-bond donors (Lipinski definition) is 1. The molecule has 3 aliphatic carbocycles. The van der Waals surface area contributed by atoms with Gasteiger partial charge in [0.15, 0.2) is 0 Å². The predicted molar refractivity (Wildman–Crippen MR) is 111 cm³/mol. The van der Waals surface area contributed by atoms with Gasteiger partial charge < -0.3 is 10.1 Å². The van der Waals surface area contributed by atoms with Gasteiger partial charge in [0.1, 0.15) is 6.10 Å². The molecule has 0 aromatic heterocycles. The summed E-state index contributed by atoms with van der Waals surface area (Å²) >= 11 is 5.52. The molecule has 1 aromatic carbocycles. The molecule has 3 fully saturated rings. The molecule has 0 saturated heterocycles. The van der Waals surface area contributed by atoms with Crippen molar-refractivity contribution in [2.24, 2.45) is 11.3 Å². The Balaban J connectivity index is 1.23. The summed E-state index contributed by atoms with van der Waals surface area (Å²) in [6, 6.07) is 11.0. The van der Waals surface area contributed by atoms with E-state index >= 15 is 0 Å². The molecule has 3 heteroatoms. The molecular formula is C23H33NOS. The van der Waals surface area contributed by atoms with Gasteiger partial charge in [-0.05, 0) is 81.0 Å². The first-order valence-corrected chi connectivity index (χ1v) is 11.2. The molecule has 2 nitrogen and oxygen atoms in total. The summed E-state index contributed by atoms with van der Waals surface area (Å²) in [5.74, 6) is 1.53. The van der Waals surface area contributed by atoms with Crippen molar-refractivity contribution in [3.05, 3.63) is 35.9 Å². The van der Waals surface area contributed by atoms with E-state index in [4.69, 9.17) is 17.0 Å². The van der Waals surface area contributed by atoms with Gasteiger partial charge in [-0.15, -0.1) is 0 Å². The van der Waals surface area contributed by atoms with E-state index < -0.39 is 0 Å². The van der Waals surface area contributed by atoms with Crippen molar-refractivity contribution in [1.82, 2.24) is 5.32 Å². The first-order chi connectivity index (χ1) is 12.8. The van der Waals surface area contributed by atoms with Gasteiger partial charge in [0.05, 0.1) is 0 Å². The van der Waals surface area contributed by atoms with Gasteiger partial charge in [0.25, 0.3) is 5.17 Å². The molecule has 4 rings (SSSR count). The molecule has 1 aromatic rings. The third-order valence-electron chi connectivity index (χ3n) is 7.35. The fourth-order valence-corrected chi connectivity index (χ4v) is 5.67. The summed E-state index contributed by atoms with van der Waals surface area (Å²) in [7, 11) is 0. The molecule has 0 aliphatic heterocycles. The molecule has 0 amide bonds. The summed E-state index contributed by atoms with van der Waals surface area (Å²) in [5.41, 5.74) is 1.92. The van der Waals surface area contributed by atoms with Crippen molar-refractivity contribution in [3.63, 3.8) is 0 Å². The highest BCUT2D eigenvalue weighted by molar-refractivity contribution is 7.80. The minimum Gasteiger partial charge on any atom is -0.467 e. The van der Waals surface area contributed by atoms with Crippen molar-refractivity contribution in [2.45, 2.75) is 82.7 Å². The molecule has 0 bridgehead atoms. The standard InChI is InChI=1S/C23H33NOS/c26-22(24-17-18-7-3-1-4-8-18)25-21-13-16-23(21)14-11-20(12-15-23)19-9-5-2-6-10-19/h2,5-6,9-10,18,20-21H,1,3-4,7-8,11-17H2,(H,24,26)/t20?,21-,23?/m0/s1. The molecule has 1 atom stereocenters. The van der Waals surface area contributed by atoms with E-state index in [0.717, 1.165) is 18.4 Å². The number of benzene rings is 1. The third kappa shape index (κ3) is 4.08. The second-order valence-corrected chi connectivity index (χ2v) is 9.24. The van der Waals surface area contributed by atoms with Crippen LogP contribution in [0.3, 0.4) is 0 Å². The van der Waals surface area contributed by atoms with Gasteiger partial charge >= 0.3 is 0 Å². The number of nitrogens with one attached hydrogen (secondary N) is 1. The van der Waals surface area contributed by atoms with E-state index in [0.29, 0.717) is 16.7 Å². The Kier molecular flexibility index (Phi) is 5.83. The lowest BCUT2D eigenvalue weighted by atomic mass is 9.56. The van der Waals surface area contributed by atoms with Crippen LogP contribution >= 0.6 is 12.2 Å². The fourth-order valence-electron chi connectivity index (χ4n) is 5.47. The Bertz CT molecular complexity index is 587. The first kappa shape index (κ1) is 18.3. The summed E-state index contributed by atoms with van der Waals surface area (Å²) < 4.78 is 6.23. The minimum atomic E-state index is 0.352. The molecule has 0 radical (unpaired) electrons. The topological polar surface area (TPSA) is 21.3 Å². The van der Waals surface area contributed by atoms with Gasteiger partial charge in [-0.1, -0.05) is 49.6 Å². The Hall–Kier alpha value is -1.09. The van der Waals surface area contributed by atoms with E-state index in [-0.39, 0.29) is 0 Å². The van der Waals surface area contributed by atoms with E-state index in [9.17, 15) is 0 Å². The fraction of sp³-hybridized carbons (Fsp3) is 0.696. The smallest absolute Gasteiger partial charge is 0.256 e. The lowest BCUT2D eigenvalue weighted by Gasteiger charge is -2.52. The maximum atomic E-state index is 6.23. The zero-order chi connectivity index (χ0) is 17.8. The van der Waals surface area contributed by atoms with Crippen LogP contribution in [-0.4, -0.2) is 17.8 Å². The van der Waals surface area contributed by atoms with Gasteiger partial charge in [-0.25, -0.2) is 0 Å². The molecule has 1 spiro atoms. The SMILES string of the molecule is S=C(NCC1CCCCC1)O[C@H]1CCC12CCC(c1ccccc1)CC2. The summed E-state index contributed by atoms with van der Waals surface area (Å²) in [4.78, 5) is 0. The maximum Gasteiger partial charge on any atom is 0.256 e. The molecular weight excluding hydrogens is 338 g/mol. The number of ether oxygens (including phenoxy) is 1. The quantitative estimate of drug-likeness (QED) is 0.659. The van der Waals surface area contributed by atoms with E-state index in [1.165, 1.54) is 76.2 Å². The summed E-state index contributed by atoms with van der Waals surface area (Å²) in [6.07, 6.45) is 14.9. The molecule has 26 heavy (non-hydrogen) atoms. The average Bonchev–Trinajstić information content (AvgIpc) is 2.71. The highest BCUT2D eigenvalue weighted by Crippen LogP contribution is 2.55. The van der Waals surface area contributed by atoms with Crippen LogP contribution in [0.15, 0.2) is 30.3 Å². The third-order valence-corrected chi connectivity index (χ3v) is 7.59. The lowest BCUT2D eigenvalue weighted by molar-refractivity contribution is -0.0810. The Morgan fingerprint density at radius 1 is 0.962 bits per heavy atom.